The lowest BCUT2D eigenvalue weighted by atomic mass is 9.81. The molecule has 2 heterocycles. The SMILES string of the molecule is COc1cccc(NC(=O)NC2CC3CCCC(C2)N3Cc2ccc(C)cc2)c1. The molecule has 4 rings (SSSR count). The quantitative estimate of drug-likeness (QED) is 0.773. The number of nitrogens with one attached hydrogen (secondary N) is 2. The molecular weight excluding hydrogens is 362 g/mol. The van der Waals surface area contributed by atoms with Gasteiger partial charge in [0, 0.05) is 36.4 Å². The molecule has 0 radical (unpaired) electrons. The highest BCUT2D eigenvalue weighted by atomic mass is 16.5. The molecule has 2 saturated heterocycles. The second-order valence-corrected chi connectivity index (χ2v) is 8.40. The summed E-state index contributed by atoms with van der Waals surface area (Å²) in [6.45, 7) is 3.14. The number of ether oxygens (including phenoxy) is 1. The summed E-state index contributed by atoms with van der Waals surface area (Å²) in [6.07, 6.45) is 5.78. The summed E-state index contributed by atoms with van der Waals surface area (Å²) in [7, 11) is 1.63. The lowest BCUT2D eigenvalue weighted by molar-refractivity contribution is 0.0200. The van der Waals surface area contributed by atoms with Gasteiger partial charge in [-0.05, 0) is 50.3 Å². The Morgan fingerprint density at radius 2 is 1.83 bits per heavy atom. The number of carbonyl (C=O) groups is 1. The van der Waals surface area contributed by atoms with Gasteiger partial charge in [0.1, 0.15) is 5.75 Å². The zero-order chi connectivity index (χ0) is 20.2. The second kappa shape index (κ2) is 8.87. The Kier molecular flexibility index (Phi) is 6.05. The predicted octanol–water partition coefficient (Wildman–Crippen LogP) is 4.71. The van der Waals surface area contributed by atoms with Crippen molar-refractivity contribution in [3.63, 3.8) is 0 Å². The van der Waals surface area contributed by atoms with E-state index < -0.39 is 0 Å². The monoisotopic (exact) mass is 393 g/mol. The van der Waals surface area contributed by atoms with Crippen molar-refractivity contribution in [3.05, 3.63) is 59.7 Å². The van der Waals surface area contributed by atoms with Crippen LogP contribution in [0.25, 0.3) is 0 Å². The van der Waals surface area contributed by atoms with Gasteiger partial charge in [0.25, 0.3) is 0 Å². The van der Waals surface area contributed by atoms with Crippen LogP contribution in [0, 0.1) is 6.92 Å². The van der Waals surface area contributed by atoms with E-state index in [9.17, 15) is 4.79 Å². The summed E-state index contributed by atoms with van der Waals surface area (Å²) in [4.78, 5) is 15.2. The van der Waals surface area contributed by atoms with Crippen LogP contribution in [0.15, 0.2) is 48.5 Å². The van der Waals surface area contributed by atoms with Crippen LogP contribution in [0.2, 0.25) is 0 Å². The molecule has 2 aliphatic heterocycles. The lowest BCUT2D eigenvalue weighted by Crippen LogP contribution is -2.56. The van der Waals surface area contributed by atoms with Crippen molar-refractivity contribution in [1.29, 1.82) is 0 Å². The summed E-state index contributed by atoms with van der Waals surface area (Å²) in [5.41, 5.74) is 3.44. The van der Waals surface area contributed by atoms with Crippen molar-refractivity contribution >= 4 is 11.7 Å². The van der Waals surface area contributed by atoms with Crippen molar-refractivity contribution in [2.75, 3.05) is 12.4 Å². The van der Waals surface area contributed by atoms with Crippen LogP contribution in [-0.2, 0) is 6.54 Å². The van der Waals surface area contributed by atoms with Crippen LogP contribution in [0.3, 0.4) is 0 Å². The van der Waals surface area contributed by atoms with E-state index in [-0.39, 0.29) is 12.1 Å². The zero-order valence-corrected chi connectivity index (χ0v) is 17.4. The molecule has 2 unspecified atom stereocenters. The van der Waals surface area contributed by atoms with Crippen LogP contribution in [0.1, 0.15) is 43.2 Å². The minimum atomic E-state index is -0.131. The number of aryl methyl sites for hydroxylation is 1. The molecule has 2 aromatic carbocycles. The largest absolute Gasteiger partial charge is 0.497 e. The fraction of sp³-hybridized carbons (Fsp3) is 0.458. The van der Waals surface area contributed by atoms with Gasteiger partial charge >= 0.3 is 6.03 Å². The number of piperidine rings is 2. The first-order valence-electron chi connectivity index (χ1n) is 10.6. The molecule has 0 spiro atoms. The molecule has 2 atom stereocenters. The number of benzene rings is 2. The number of urea groups is 1. The topological polar surface area (TPSA) is 53.6 Å². The Hall–Kier alpha value is -2.53. The number of hydrogen-bond donors (Lipinski definition) is 2. The fourth-order valence-electron chi connectivity index (χ4n) is 4.81. The number of methoxy groups -OCH3 is 1. The van der Waals surface area contributed by atoms with Gasteiger partial charge in [-0.15, -0.1) is 0 Å². The Labute approximate surface area is 173 Å². The Bertz CT molecular complexity index is 822. The Balaban J connectivity index is 1.35. The van der Waals surface area contributed by atoms with Gasteiger partial charge in [0.05, 0.1) is 7.11 Å². The number of hydrogen-bond acceptors (Lipinski definition) is 3. The van der Waals surface area contributed by atoms with Gasteiger partial charge in [0.15, 0.2) is 0 Å². The molecule has 0 aliphatic carbocycles. The van der Waals surface area contributed by atoms with E-state index in [1.54, 1.807) is 7.11 Å². The zero-order valence-electron chi connectivity index (χ0n) is 17.4. The number of carbonyl (C=O) groups excluding carboxylic acids is 1. The summed E-state index contributed by atoms with van der Waals surface area (Å²) in [6, 6.07) is 17.5. The first kappa shape index (κ1) is 19.8. The van der Waals surface area contributed by atoms with Crippen LogP contribution < -0.4 is 15.4 Å². The van der Waals surface area contributed by atoms with Crippen molar-refractivity contribution in [2.24, 2.45) is 0 Å². The second-order valence-electron chi connectivity index (χ2n) is 8.40. The number of nitrogens with zero attached hydrogens (tertiary/aromatic N) is 1. The van der Waals surface area contributed by atoms with Gasteiger partial charge in [-0.2, -0.15) is 0 Å². The summed E-state index contributed by atoms with van der Waals surface area (Å²) < 4.78 is 5.23. The minimum absolute atomic E-state index is 0.131. The van der Waals surface area contributed by atoms with Crippen LogP contribution in [0.4, 0.5) is 10.5 Å². The molecule has 2 amide bonds. The van der Waals surface area contributed by atoms with E-state index >= 15 is 0 Å². The van der Waals surface area contributed by atoms with Crippen molar-refractivity contribution in [1.82, 2.24) is 10.2 Å². The van der Waals surface area contributed by atoms with E-state index in [1.807, 2.05) is 24.3 Å². The molecule has 5 heteroatoms. The predicted molar refractivity (Wildman–Crippen MR) is 116 cm³/mol. The summed E-state index contributed by atoms with van der Waals surface area (Å²) in [5, 5.41) is 6.15. The van der Waals surface area contributed by atoms with E-state index in [0.717, 1.165) is 30.8 Å². The third kappa shape index (κ3) is 4.91. The minimum Gasteiger partial charge on any atom is -0.497 e. The average Bonchev–Trinajstić information content (AvgIpc) is 2.70. The number of anilines is 1. The maximum atomic E-state index is 12.5. The van der Waals surface area contributed by atoms with Gasteiger partial charge in [-0.25, -0.2) is 4.79 Å². The maximum Gasteiger partial charge on any atom is 0.319 e. The fourth-order valence-corrected chi connectivity index (χ4v) is 4.81. The summed E-state index contributed by atoms with van der Waals surface area (Å²) in [5.74, 6) is 0.738. The van der Waals surface area contributed by atoms with Gasteiger partial charge in [-0.3, -0.25) is 4.90 Å². The standard InChI is InChI=1S/C24H31N3O2/c1-17-9-11-18(12-10-17)16-27-21-6-4-7-22(27)14-20(13-21)26-24(28)25-19-5-3-8-23(15-19)29-2/h3,5,8-12,15,20-22H,4,6-7,13-14,16H2,1-2H3,(H2,25,26,28). The normalized spacial score (nSPS) is 24.0. The molecule has 2 fully saturated rings. The molecule has 2 aliphatic rings. The molecule has 2 bridgehead atoms. The van der Waals surface area contributed by atoms with E-state index in [0.29, 0.717) is 12.1 Å². The third-order valence-corrected chi connectivity index (χ3v) is 6.27. The van der Waals surface area contributed by atoms with Crippen LogP contribution in [0.5, 0.6) is 5.75 Å². The van der Waals surface area contributed by atoms with Crippen molar-refractivity contribution in [2.45, 2.75) is 63.7 Å². The lowest BCUT2D eigenvalue weighted by Gasteiger charge is -2.49. The van der Waals surface area contributed by atoms with Gasteiger partial charge in [-0.1, -0.05) is 42.3 Å². The van der Waals surface area contributed by atoms with E-state index in [4.69, 9.17) is 4.74 Å². The first-order chi connectivity index (χ1) is 14.1. The number of fused-ring (bicyclic) bond motifs is 2. The van der Waals surface area contributed by atoms with Gasteiger partial charge in [0.2, 0.25) is 0 Å². The van der Waals surface area contributed by atoms with E-state index in [2.05, 4.69) is 46.7 Å². The highest BCUT2D eigenvalue weighted by Crippen LogP contribution is 2.35. The van der Waals surface area contributed by atoms with Crippen molar-refractivity contribution in [3.8, 4) is 5.75 Å². The van der Waals surface area contributed by atoms with Crippen LogP contribution in [-0.4, -0.2) is 36.2 Å². The Morgan fingerprint density at radius 3 is 2.52 bits per heavy atom. The van der Waals surface area contributed by atoms with E-state index in [1.165, 1.54) is 30.4 Å². The van der Waals surface area contributed by atoms with Crippen molar-refractivity contribution < 1.29 is 9.53 Å². The molecule has 154 valence electrons. The number of rotatable bonds is 5. The molecule has 29 heavy (non-hydrogen) atoms. The molecular formula is C24H31N3O2. The Morgan fingerprint density at radius 1 is 1.10 bits per heavy atom. The molecule has 0 aromatic heterocycles. The molecule has 0 saturated carbocycles. The first-order valence-corrected chi connectivity index (χ1v) is 10.6. The third-order valence-electron chi connectivity index (χ3n) is 6.27. The van der Waals surface area contributed by atoms with Crippen LogP contribution >= 0.6 is 0 Å². The molecule has 2 aromatic rings. The molecule has 5 nitrogen and oxygen atoms in total. The smallest absolute Gasteiger partial charge is 0.319 e. The maximum absolute atomic E-state index is 12.5. The number of amides is 2. The molecule has 2 N–H and O–H groups in total. The summed E-state index contributed by atoms with van der Waals surface area (Å²) >= 11 is 0. The average molecular weight is 394 g/mol. The highest BCUT2D eigenvalue weighted by Gasteiger charge is 2.38. The highest BCUT2D eigenvalue weighted by molar-refractivity contribution is 5.89. The van der Waals surface area contributed by atoms with Gasteiger partial charge < -0.3 is 15.4 Å².